The maximum atomic E-state index is 11.5. The first-order chi connectivity index (χ1) is 15.9. The van der Waals surface area contributed by atoms with E-state index in [-0.39, 0.29) is 18.2 Å². The third-order valence-corrected chi connectivity index (χ3v) is 5.63. The third kappa shape index (κ3) is 4.80. The van der Waals surface area contributed by atoms with Gasteiger partial charge in [-0.15, -0.1) is 10.2 Å². The van der Waals surface area contributed by atoms with E-state index in [1.165, 1.54) is 7.05 Å². The molecule has 2 heterocycles. The molecule has 10 heteroatoms. The zero-order valence-electron chi connectivity index (χ0n) is 17.8. The summed E-state index contributed by atoms with van der Waals surface area (Å²) in [6.45, 7) is -0.483. The lowest BCUT2D eigenvalue weighted by Crippen LogP contribution is -2.55. The van der Waals surface area contributed by atoms with Gasteiger partial charge in [0.1, 0.15) is 36.9 Å². The zero-order valence-corrected chi connectivity index (χ0v) is 17.8. The van der Waals surface area contributed by atoms with Crippen LogP contribution < -0.4 is 5.32 Å². The van der Waals surface area contributed by atoms with Gasteiger partial charge in [0, 0.05) is 12.6 Å². The summed E-state index contributed by atoms with van der Waals surface area (Å²) >= 11 is 0. The Balaban J connectivity index is 1.54. The highest BCUT2D eigenvalue weighted by atomic mass is 16.5. The van der Waals surface area contributed by atoms with Crippen molar-refractivity contribution in [3.05, 3.63) is 60.0 Å². The number of aromatic nitrogens is 2. The first kappa shape index (κ1) is 23.0. The number of rotatable bonds is 6. The summed E-state index contributed by atoms with van der Waals surface area (Å²) in [5, 5.41) is 50.3. The van der Waals surface area contributed by atoms with Crippen LogP contribution in [0, 0.1) is 0 Å². The fraction of sp³-hybridized carbons (Fsp3) is 0.348. The number of hydrogen-bond acceptors (Lipinski definition) is 9. The number of benzene rings is 2. The molecular weight excluding hydrogens is 430 g/mol. The first-order valence-electron chi connectivity index (χ1n) is 10.5. The molecule has 0 aliphatic carbocycles. The molecule has 0 radical (unpaired) electrons. The molecule has 0 bridgehead atoms. The van der Waals surface area contributed by atoms with Gasteiger partial charge in [-0.3, -0.25) is 4.79 Å². The van der Waals surface area contributed by atoms with Crippen LogP contribution in [0.25, 0.3) is 22.6 Å². The van der Waals surface area contributed by atoms with E-state index in [4.69, 9.17) is 9.15 Å². The number of aliphatic hydroxyl groups excluding tert-OH is 4. The standard InChI is InChI=1S/C23H25N3O7/c1-24-17(28)10-18-25-26-23(33-18)13-7-5-12(6-8-13)14-3-2-4-15(9-14)22-21(31)20(30)19(29)16(11-27)32-22/h2-9,16,19-22,27,29-31H,10-11H2,1H3,(H,24,28)/t16-,19-,20+,21+,22-/m1/s1. The van der Waals surface area contributed by atoms with Gasteiger partial charge in [0.2, 0.25) is 17.7 Å². The van der Waals surface area contributed by atoms with Crippen molar-refractivity contribution in [2.24, 2.45) is 0 Å². The van der Waals surface area contributed by atoms with Crippen molar-refractivity contribution in [3.63, 3.8) is 0 Å². The van der Waals surface area contributed by atoms with Crippen LogP contribution in [0.4, 0.5) is 0 Å². The van der Waals surface area contributed by atoms with Gasteiger partial charge in [-0.2, -0.15) is 0 Å². The van der Waals surface area contributed by atoms with Crippen molar-refractivity contribution in [2.75, 3.05) is 13.7 Å². The van der Waals surface area contributed by atoms with Crippen molar-refractivity contribution in [1.82, 2.24) is 15.5 Å². The number of ether oxygens (including phenoxy) is 1. The maximum Gasteiger partial charge on any atom is 0.247 e. The molecule has 174 valence electrons. The first-order valence-corrected chi connectivity index (χ1v) is 10.5. The van der Waals surface area contributed by atoms with Gasteiger partial charge in [-0.1, -0.05) is 30.3 Å². The SMILES string of the molecule is CNC(=O)Cc1nnc(-c2ccc(-c3cccc([C@H]4O[C@H](CO)[C@@H](O)[C@H](O)[C@@H]4O)c3)cc2)o1. The Morgan fingerprint density at radius 1 is 0.970 bits per heavy atom. The molecule has 5 atom stereocenters. The lowest BCUT2D eigenvalue weighted by atomic mass is 9.90. The van der Waals surface area contributed by atoms with Gasteiger partial charge in [0.25, 0.3) is 0 Å². The maximum absolute atomic E-state index is 11.5. The number of amides is 1. The number of hydrogen-bond donors (Lipinski definition) is 5. The number of likely N-dealkylation sites (N-methyl/N-ethyl adjacent to an activating group) is 1. The molecule has 0 spiro atoms. The van der Waals surface area contributed by atoms with E-state index in [9.17, 15) is 25.2 Å². The lowest BCUT2D eigenvalue weighted by molar-refractivity contribution is -0.231. The fourth-order valence-electron chi connectivity index (χ4n) is 3.75. The van der Waals surface area contributed by atoms with Crippen molar-refractivity contribution < 1.29 is 34.4 Å². The molecule has 5 N–H and O–H groups in total. The van der Waals surface area contributed by atoms with Crippen LogP contribution in [0.2, 0.25) is 0 Å². The Morgan fingerprint density at radius 2 is 1.70 bits per heavy atom. The molecule has 4 rings (SSSR count). The molecule has 0 saturated carbocycles. The van der Waals surface area contributed by atoms with Gasteiger partial charge >= 0.3 is 0 Å². The van der Waals surface area contributed by atoms with Gasteiger partial charge in [-0.25, -0.2) is 0 Å². The molecule has 1 aliphatic rings. The fourth-order valence-corrected chi connectivity index (χ4v) is 3.75. The van der Waals surface area contributed by atoms with Crippen molar-refractivity contribution >= 4 is 5.91 Å². The highest BCUT2D eigenvalue weighted by molar-refractivity contribution is 5.77. The second-order valence-electron chi connectivity index (χ2n) is 7.80. The summed E-state index contributed by atoms with van der Waals surface area (Å²) in [4.78, 5) is 11.5. The number of aliphatic hydroxyl groups is 4. The van der Waals surface area contributed by atoms with Crippen LogP contribution in [0.3, 0.4) is 0 Å². The molecule has 1 aliphatic heterocycles. The molecule has 0 unspecified atom stereocenters. The van der Waals surface area contributed by atoms with Crippen LogP contribution in [-0.2, 0) is 16.0 Å². The molecule has 1 amide bonds. The predicted octanol–water partition coefficient (Wildman–Crippen LogP) is 0.207. The molecular formula is C23H25N3O7. The molecule has 10 nitrogen and oxygen atoms in total. The van der Waals surface area contributed by atoms with Crippen molar-refractivity contribution in [1.29, 1.82) is 0 Å². The Labute approximate surface area is 189 Å². The topological polar surface area (TPSA) is 158 Å². The lowest BCUT2D eigenvalue weighted by Gasteiger charge is -2.40. The third-order valence-electron chi connectivity index (χ3n) is 5.63. The highest BCUT2D eigenvalue weighted by Crippen LogP contribution is 2.34. The van der Waals surface area contributed by atoms with Crippen LogP contribution >= 0.6 is 0 Å². The summed E-state index contributed by atoms with van der Waals surface area (Å²) in [5.41, 5.74) is 3.00. The highest BCUT2D eigenvalue weighted by Gasteiger charge is 2.43. The van der Waals surface area contributed by atoms with E-state index in [1.807, 2.05) is 36.4 Å². The molecule has 3 aromatic rings. The summed E-state index contributed by atoms with van der Waals surface area (Å²) in [5.74, 6) is 0.302. The van der Waals surface area contributed by atoms with Gasteiger partial charge in [0.05, 0.1) is 6.61 Å². The quantitative estimate of drug-likeness (QED) is 0.350. The Kier molecular flexibility index (Phi) is 6.82. The smallest absolute Gasteiger partial charge is 0.247 e. The zero-order chi connectivity index (χ0) is 23.5. The van der Waals surface area contributed by atoms with Gasteiger partial charge in [-0.05, 0) is 34.9 Å². The van der Waals surface area contributed by atoms with Gasteiger partial charge in [0.15, 0.2) is 0 Å². The summed E-state index contributed by atoms with van der Waals surface area (Å²) < 4.78 is 11.2. The molecule has 1 saturated heterocycles. The molecule has 33 heavy (non-hydrogen) atoms. The van der Waals surface area contributed by atoms with Crippen molar-refractivity contribution in [2.45, 2.75) is 36.9 Å². The van der Waals surface area contributed by atoms with E-state index in [2.05, 4.69) is 15.5 Å². The number of nitrogens with one attached hydrogen (secondary N) is 1. The Morgan fingerprint density at radius 3 is 2.39 bits per heavy atom. The van der Waals surface area contributed by atoms with E-state index < -0.39 is 37.1 Å². The summed E-state index contributed by atoms with van der Waals surface area (Å²) in [6, 6.07) is 14.6. The molecule has 1 fully saturated rings. The van der Waals surface area contributed by atoms with E-state index in [0.29, 0.717) is 17.0 Å². The van der Waals surface area contributed by atoms with Crippen LogP contribution in [-0.4, -0.2) is 74.6 Å². The average Bonchev–Trinajstić information content (AvgIpc) is 3.31. The minimum Gasteiger partial charge on any atom is -0.420 e. The normalized spacial score (nSPS) is 25.1. The number of carbonyl (C=O) groups is 1. The largest absolute Gasteiger partial charge is 0.420 e. The summed E-state index contributed by atoms with van der Waals surface area (Å²) in [7, 11) is 1.53. The number of carbonyl (C=O) groups excluding carboxylic acids is 1. The monoisotopic (exact) mass is 455 g/mol. The van der Waals surface area contributed by atoms with E-state index in [0.717, 1.165) is 11.1 Å². The van der Waals surface area contributed by atoms with Gasteiger partial charge < -0.3 is 34.9 Å². The van der Waals surface area contributed by atoms with E-state index in [1.54, 1.807) is 12.1 Å². The molecule has 2 aromatic carbocycles. The predicted molar refractivity (Wildman–Crippen MR) is 116 cm³/mol. The van der Waals surface area contributed by atoms with Crippen molar-refractivity contribution in [3.8, 4) is 22.6 Å². The average molecular weight is 455 g/mol. The molecule has 1 aromatic heterocycles. The van der Waals surface area contributed by atoms with Crippen LogP contribution in [0.1, 0.15) is 17.6 Å². The second kappa shape index (κ2) is 9.77. The minimum absolute atomic E-state index is 0.00628. The minimum atomic E-state index is -1.44. The number of nitrogens with zero attached hydrogens (tertiary/aromatic N) is 2. The van der Waals surface area contributed by atoms with E-state index >= 15 is 0 Å². The Bertz CT molecular complexity index is 1100. The Hall–Kier alpha value is -3.15. The summed E-state index contributed by atoms with van der Waals surface area (Å²) in [6.07, 6.45) is -6.06. The second-order valence-corrected chi connectivity index (χ2v) is 7.80. The van der Waals surface area contributed by atoms with Crippen LogP contribution in [0.5, 0.6) is 0 Å². The van der Waals surface area contributed by atoms with Crippen LogP contribution in [0.15, 0.2) is 52.9 Å².